The molecule has 0 saturated carbocycles. The van der Waals surface area contributed by atoms with Crippen LogP contribution in [0, 0.1) is 0 Å². The number of nitrogens with zero attached hydrogens (tertiary/aromatic N) is 5. The van der Waals surface area contributed by atoms with Crippen LogP contribution in [-0.2, 0) is 24.2 Å². The van der Waals surface area contributed by atoms with Crippen molar-refractivity contribution < 1.29 is 4.79 Å². The number of hydrogen-bond acceptors (Lipinski definition) is 6. The molecule has 0 bridgehead atoms. The Kier molecular flexibility index (Phi) is 3.69. The van der Waals surface area contributed by atoms with Crippen molar-refractivity contribution in [2.24, 2.45) is 5.10 Å². The van der Waals surface area contributed by atoms with Crippen LogP contribution in [0.1, 0.15) is 22.6 Å². The number of hydrogen-bond donors (Lipinski definition) is 1. The minimum absolute atomic E-state index is 0.0482. The second-order valence-electron chi connectivity index (χ2n) is 5.45. The second-order valence-corrected chi connectivity index (χ2v) is 6.43. The molecule has 0 atom stereocenters. The highest BCUT2D eigenvalue weighted by Gasteiger charge is 2.23. The van der Waals surface area contributed by atoms with Gasteiger partial charge in [0, 0.05) is 16.1 Å². The molecule has 3 aromatic heterocycles. The summed E-state index contributed by atoms with van der Waals surface area (Å²) in [4.78, 5) is 29.6. The van der Waals surface area contributed by atoms with E-state index in [9.17, 15) is 9.59 Å². The number of hydrazone groups is 1. The molecule has 0 saturated heterocycles. The van der Waals surface area contributed by atoms with Crippen LogP contribution in [0.5, 0.6) is 0 Å². The van der Waals surface area contributed by atoms with Crippen molar-refractivity contribution in [2.75, 3.05) is 0 Å². The summed E-state index contributed by atoms with van der Waals surface area (Å²) in [6, 6.07) is 3.83. The van der Waals surface area contributed by atoms with E-state index in [1.807, 2.05) is 17.5 Å². The molecule has 0 aliphatic heterocycles. The maximum atomic E-state index is 12.3. The molecule has 0 spiro atoms. The van der Waals surface area contributed by atoms with E-state index in [4.69, 9.17) is 0 Å². The van der Waals surface area contributed by atoms with Crippen LogP contribution in [-0.4, -0.2) is 31.3 Å². The number of carbonyl (C=O) groups is 1. The lowest BCUT2D eigenvalue weighted by molar-refractivity contribution is -0.121. The smallest absolute Gasteiger partial charge is 0.279 e. The Morgan fingerprint density at radius 3 is 3.21 bits per heavy atom. The minimum Gasteiger partial charge on any atom is -0.304 e. The van der Waals surface area contributed by atoms with Gasteiger partial charge in [-0.15, -0.1) is 11.3 Å². The van der Waals surface area contributed by atoms with E-state index in [2.05, 4.69) is 20.6 Å². The molecule has 122 valence electrons. The highest BCUT2D eigenvalue weighted by Crippen LogP contribution is 2.19. The largest absolute Gasteiger partial charge is 0.304 e. The Morgan fingerprint density at radius 2 is 2.38 bits per heavy atom. The van der Waals surface area contributed by atoms with Crippen LogP contribution in [0.15, 0.2) is 33.7 Å². The Morgan fingerprint density at radius 1 is 1.46 bits per heavy atom. The van der Waals surface area contributed by atoms with E-state index in [-0.39, 0.29) is 18.0 Å². The average Bonchev–Trinajstić information content (AvgIpc) is 3.31. The fourth-order valence-corrected chi connectivity index (χ4v) is 3.53. The molecular formula is C15H14N6O2S. The Labute approximate surface area is 140 Å². The summed E-state index contributed by atoms with van der Waals surface area (Å²) >= 11 is 1.54. The second kappa shape index (κ2) is 6.00. The van der Waals surface area contributed by atoms with Crippen LogP contribution in [0.2, 0.25) is 0 Å². The SMILES string of the molecule is O=C(Cn1c2c(c(=O)n3ncnc13)CCC2)N/N=C\c1cccs1. The molecular weight excluding hydrogens is 328 g/mol. The molecule has 3 heterocycles. The standard InChI is InChI=1S/C15H14N6O2S/c22-13(19-17-7-10-3-2-6-24-10)8-20-12-5-1-4-11(12)14(23)21-15(20)16-9-18-21/h2-3,6-7,9H,1,4-5,8H2,(H,19,22)/b17-7-. The zero-order valence-electron chi connectivity index (χ0n) is 12.7. The minimum atomic E-state index is -0.273. The molecule has 4 rings (SSSR count). The predicted octanol–water partition coefficient (Wildman–Crippen LogP) is 0.592. The summed E-state index contributed by atoms with van der Waals surface area (Å²) in [5.41, 5.74) is 3.97. The van der Waals surface area contributed by atoms with Crippen LogP contribution in [0.4, 0.5) is 0 Å². The lowest BCUT2D eigenvalue weighted by Gasteiger charge is -2.12. The third-order valence-corrected chi connectivity index (χ3v) is 4.77. The van der Waals surface area contributed by atoms with E-state index >= 15 is 0 Å². The van der Waals surface area contributed by atoms with Crippen molar-refractivity contribution in [2.45, 2.75) is 25.8 Å². The maximum absolute atomic E-state index is 12.3. The summed E-state index contributed by atoms with van der Waals surface area (Å²) in [7, 11) is 0. The summed E-state index contributed by atoms with van der Waals surface area (Å²) in [6.45, 7) is 0.0482. The third-order valence-electron chi connectivity index (χ3n) is 3.96. The zero-order valence-corrected chi connectivity index (χ0v) is 13.5. The molecule has 0 aromatic carbocycles. The first-order valence-electron chi connectivity index (χ1n) is 7.54. The van der Waals surface area contributed by atoms with Crippen LogP contribution < -0.4 is 11.0 Å². The van der Waals surface area contributed by atoms with Crippen LogP contribution in [0.25, 0.3) is 5.78 Å². The van der Waals surface area contributed by atoms with E-state index in [0.29, 0.717) is 12.2 Å². The predicted molar refractivity (Wildman–Crippen MR) is 89.3 cm³/mol. The van der Waals surface area contributed by atoms with Gasteiger partial charge in [-0.3, -0.25) is 9.59 Å². The van der Waals surface area contributed by atoms with Gasteiger partial charge < -0.3 is 4.57 Å². The first-order valence-corrected chi connectivity index (χ1v) is 8.41. The van der Waals surface area contributed by atoms with Crippen molar-refractivity contribution in [3.63, 3.8) is 0 Å². The van der Waals surface area contributed by atoms with Gasteiger partial charge in [0.2, 0.25) is 5.78 Å². The summed E-state index contributed by atoms with van der Waals surface area (Å²) < 4.78 is 3.01. The molecule has 1 aliphatic carbocycles. The van der Waals surface area contributed by atoms with Gasteiger partial charge in [0.15, 0.2) is 0 Å². The van der Waals surface area contributed by atoms with Gasteiger partial charge in [0.25, 0.3) is 11.5 Å². The quantitative estimate of drug-likeness (QED) is 0.555. The van der Waals surface area contributed by atoms with Gasteiger partial charge in [-0.1, -0.05) is 6.07 Å². The van der Waals surface area contributed by atoms with Gasteiger partial charge in [0.1, 0.15) is 12.9 Å². The zero-order chi connectivity index (χ0) is 16.5. The molecule has 0 unspecified atom stereocenters. The Bertz CT molecular complexity index is 985. The lowest BCUT2D eigenvalue weighted by Crippen LogP contribution is -2.30. The first-order chi connectivity index (χ1) is 11.7. The highest BCUT2D eigenvalue weighted by atomic mass is 32.1. The molecule has 24 heavy (non-hydrogen) atoms. The summed E-state index contributed by atoms with van der Waals surface area (Å²) in [6.07, 6.45) is 5.30. The van der Waals surface area contributed by atoms with E-state index in [1.165, 1.54) is 22.2 Å². The first kappa shape index (κ1) is 14.8. The van der Waals surface area contributed by atoms with Crippen molar-refractivity contribution in [3.05, 3.63) is 50.3 Å². The average molecular weight is 342 g/mol. The molecule has 1 N–H and O–H groups in total. The summed E-state index contributed by atoms with van der Waals surface area (Å²) in [5.74, 6) is 0.114. The van der Waals surface area contributed by atoms with Crippen molar-refractivity contribution in [3.8, 4) is 0 Å². The summed E-state index contributed by atoms with van der Waals surface area (Å²) in [5, 5.41) is 9.87. The van der Waals surface area contributed by atoms with Gasteiger partial charge in [-0.2, -0.15) is 19.7 Å². The molecule has 1 aliphatic rings. The topological polar surface area (TPSA) is 93.7 Å². The number of amides is 1. The number of thiophene rings is 1. The fourth-order valence-electron chi connectivity index (χ4n) is 2.95. The number of rotatable bonds is 4. The van der Waals surface area contributed by atoms with Crippen molar-refractivity contribution >= 4 is 29.2 Å². The lowest BCUT2D eigenvalue weighted by atomic mass is 10.2. The number of fused-ring (bicyclic) bond motifs is 2. The van der Waals surface area contributed by atoms with Crippen molar-refractivity contribution in [1.29, 1.82) is 0 Å². The van der Waals surface area contributed by atoms with Crippen molar-refractivity contribution in [1.82, 2.24) is 24.6 Å². The Balaban J connectivity index is 1.60. The molecule has 8 nitrogen and oxygen atoms in total. The van der Waals surface area contributed by atoms with Gasteiger partial charge in [0.05, 0.1) is 6.21 Å². The Hall–Kier alpha value is -2.81. The molecule has 1 amide bonds. The van der Waals surface area contributed by atoms with Crippen LogP contribution >= 0.6 is 11.3 Å². The fraction of sp³-hybridized carbons (Fsp3) is 0.267. The third kappa shape index (κ3) is 2.52. The number of aromatic nitrogens is 4. The van der Waals surface area contributed by atoms with Gasteiger partial charge in [-0.25, -0.2) is 5.43 Å². The molecule has 9 heteroatoms. The van der Waals surface area contributed by atoms with Gasteiger partial charge in [-0.05, 0) is 30.7 Å². The van der Waals surface area contributed by atoms with E-state index < -0.39 is 0 Å². The monoisotopic (exact) mass is 342 g/mol. The highest BCUT2D eigenvalue weighted by molar-refractivity contribution is 7.11. The van der Waals surface area contributed by atoms with Crippen LogP contribution in [0.3, 0.4) is 0 Å². The van der Waals surface area contributed by atoms with E-state index in [1.54, 1.807) is 10.8 Å². The van der Waals surface area contributed by atoms with Gasteiger partial charge >= 0.3 is 0 Å². The maximum Gasteiger partial charge on any atom is 0.279 e. The molecule has 0 fully saturated rings. The molecule has 3 aromatic rings. The molecule has 0 radical (unpaired) electrons. The number of nitrogens with one attached hydrogen (secondary N) is 1. The van der Waals surface area contributed by atoms with E-state index in [0.717, 1.165) is 29.0 Å². The normalized spacial score (nSPS) is 13.7. The number of carbonyl (C=O) groups excluding carboxylic acids is 1.